The van der Waals surface area contributed by atoms with E-state index in [1.54, 1.807) is 0 Å². The molecule has 3 rings (SSSR count). The predicted molar refractivity (Wildman–Crippen MR) is 66.1 cm³/mol. The van der Waals surface area contributed by atoms with Crippen molar-refractivity contribution in [2.24, 2.45) is 28.6 Å². The molecule has 3 saturated carbocycles. The van der Waals surface area contributed by atoms with E-state index in [-0.39, 0.29) is 11.0 Å². The summed E-state index contributed by atoms with van der Waals surface area (Å²) >= 11 is 0. The zero-order valence-corrected chi connectivity index (χ0v) is 11.2. The van der Waals surface area contributed by atoms with E-state index in [0.717, 1.165) is 5.92 Å². The predicted octanol–water partition coefficient (Wildman–Crippen LogP) is 3.61. The van der Waals surface area contributed by atoms with Crippen LogP contribution in [0.3, 0.4) is 0 Å². The molecular formula is C15H26O. The molecule has 0 spiro atoms. The van der Waals surface area contributed by atoms with Crippen molar-refractivity contribution in [3.63, 3.8) is 0 Å². The van der Waals surface area contributed by atoms with Crippen molar-refractivity contribution < 1.29 is 5.11 Å². The van der Waals surface area contributed by atoms with Crippen molar-refractivity contribution >= 4 is 0 Å². The molecule has 1 heteroatoms. The molecule has 0 aromatic heterocycles. The highest BCUT2D eigenvalue weighted by Gasteiger charge is 2.70. The topological polar surface area (TPSA) is 20.2 Å². The Kier molecular flexibility index (Phi) is 1.98. The Labute approximate surface area is 99.6 Å². The van der Waals surface area contributed by atoms with Crippen LogP contribution in [0.5, 0.6) is 0 Å². The highest BCUT2D eigenvalue weighted by Crippen LogP contribution is 2.71. The van der Waals surface area contributed by atoms with Gasteiger partial charge in [0.2, 0.25) is 0 Å². The van der Waals surface area contributed by atoms with Crippen LogP contribution in [0.4, 0.5) is 0 Å². The molecule has 0 bridgehead atoms. The van der Waals surface area contributed by atoms with Gasteiger partial charge in [-0.05, 0) is 60.7 Å². The molecule has 0 aromatic carbocycles. The zero-order valence-electron chi connectivity index (χ0n) is 11.2. The van der Waals surface area contributed by atoms with Crippen LogP contribution in [0.15, 0.2) is 0 Å². The van der Waals surface area contributed by atoms with Gasteiger partial charge in [0.05, 0.1) is 5.60 Å². The first-order valence-electron chi connectivity index (χ1n) is 7.04. The summed E-state index contributed by atoms with van der Waals surface area (Å²) in [5.74, 6) is 1.86. The van der Waals surface area contributed by atoms with Gasteiger partial charge in [-0.25, -0.2) is 0 Å². The minimum absolute atomic E-state index is 0.209. The van der Waals surface area contributed by atoms with Gasteiger partial charge in [-0.15, -0.1) is 0 Å². The van der Waals surface area contributed by atoms with Crippen molar-refractivity contribution in [3.8, 4) is 0 Å². The van der Waals surface area contributed by atoms with E-state index in [2.05, 4.69) is 27.7 Å². The van der Waals surface area contributed by atoms with Crippen molar-refractivity contribution in [2.45, 2.75) is 65.4 Å². The Morgan fingerprint density at radius 1 is 1.06 bits per heavy atom. The lowest BCUT2D eigenvalue weighted by atomic mass is 9.60. The van der Waals surface area contributed by atoms with Crippen molar-refractivity contribution in [1.82, 2.24) is 0 Å². The van der Waals surface area contributed by atoms with E-state index < -0.39 is 0 Å². The van der Waals surface area contributed by atoms with Gasteiger partial charge < -0.3 is 5.11 Å². The molecule has 5 atom stereocenters. The lowest BCUT2D eigenvalue weighted by Crippen LogP contribution is -2.53. The molecule has 3 fully saturated rings. The fourth-order valence-corrected chi connectivity index (χ4v) is 5.94. The molecule has 3 aliphatic carbocycles. The SMILES string of the molecule is C[C@@H]1CC[C@H]2C(C)(C)C[C@]3(C)CC[C@@H]1[C@@]23O. The van der Waals surface area contributed by atoms with Crippen LogP contribution in [-0.2, 0) is 0 Å². The Balaban J connectivity index is 2.10. The fraction of sp³-hybridized carbons (Fsp3) is 1.00. The highest BCUT2D eigenvalue weighted by molar-refractivity contribution is 5.20. The van der Waals surface area contributed by atoms with Crippen molar-refractivity contribution in [2.75, 3.05) is 0 Å². The van der Waals surface area contributed by atoms with Gasteiger partial charge in [0.15, 0.2) is 0 Å². The zero-order chi connectivity index (χ0) is 11.8. The molecule has 0 aromatic rings. The van der Waals surface area contributed by atoms with Crippen LogP contribution in [0.2, 0.25) is 0 Å². The molecular weight excluding hydrogens is 196 g/mol. The van der Waals surface area contributed by atoms with Gasteiger partial charge in [-0.2, -0.15) is 0 Å². The van der Waals surface area contributed by atoms with E-state index in [9.17, 15) is 5.11 Å². The first kappa shape index (κ1) is 11.1. The largest absolute Gasteiger partial charge is 0.389 e. The summed E-state index contributed by atoms with van der Waals surface area (Å²) in [4.78, 5) is 0. The Morgan fingerprint density at radius 3 is 2.44 bits per heavy atom. The molecule has 0 unspecified atom stereocenters. The summed E-state index contributed by atoms with van der Waals surface area (Å²) in [6.07, 6.45) is 6.32. The van der Waals surface area contributed by atoms with Crippen LogP contribution in [0, 0.1) is 28.6 Å². The molecule has 1 nitrogen and oxygen atoms in total. The van der Waals surface area contributed by atoms with Crippen LogP contribution in [0.25, 0.3) is 0 Å². The van der Waals surface area contributed by atoms with Gasteiger partial charge in [0.25, 0.3) is 0 Å². The second kappa shape index (κ2) is 2.85. The van der Waals surface area contributed by atoms with E-state index in [0.29, 0.717) is 17.3 Å². The smallest absolute Gasteiger partial charge is 0.0764 e. The van der Waals surface area contributed by atoms with E-state index >= 15 is 0 Å². The first-order chi connectivity index (χ1) is 7.31. The Hall–Kier alpha value is -0.0400. The van der Waals surface area contributed by atoms with Crippen LogP contribution in [-0.4, -0.2) is 10.7 Å². The molecule has 0 radical (unpaired) electrons. The summed E-state index contributed by atoms with van der Waals surface area (Å²) < 4.78 is 0. The quantitative estimate of drug-likeness (QED) is 0.664. The van der Waals surface area contributed by atoms with E-state index in [1.165, 1.54) is 32.1 Å². The second-order valence-corrected chi connectivity index (χ2v) is 7.80. The van der Waals surface area contributed by atoms with Crippen LogP contribution >= 0.6 is 0 Å². The Bertz CT molecular complexity index is 321. The maximum Gasteiger partial charge on any atom is 0.0764 e. The van der Waals surface area contributed by atoms with Gasteiger partial charge >= 0.3 is 0 Å². The number of rotatable bonds is 0. The van der Waals surface area contributed by atoms with Gasteiger partial charge in [-0.1, -0.05) is 27.7 Å². The average molecular weight is 222 g/mol. The maximum absolute atomic E-state index is 11.4. The summed E-state index contributed by atoms with van der Waals surface area (Å²) in [7, 11) is 0. The average Bonchev–Trinajstić information content (AvgIpc) is 2.46. The minimum Gasteiger partial charge on any atom is -0.389 e. The van der Waals surface area contributed by atoms with Gasteiger partial charge in [0, 0.05) is 0 Å². The molecule has 0 aliphatic heterocycles. The van der Waals surface area contributed by atoms with Gasteiger partial charge in [0.1, 0.15) is 0 Å². The molecule has 0 saturated heterocycles. The molecule has 1 N–H and O–H groups in total. The normalized spacial score (nSPS) is 58.7. The van der Waals surface area contributed by atoms with E-state index in [1.807, 2.05) is 0 Å². The Morgan fingerprint density at radius 2 is 1.75 bits per heavy atom. The third-order valence-corrected chi connectivity index (χ3v) is 6.46. The minimum atomic E-state index is -0.339. The fourth-order valence-electron chi connectivity index (χ4n) is 5.94. The summed E-state index contributed by atoms with van der Waals surface area (Å²) in [6.45, 7) is 9.47. The third kappa shape index (κ3) is 1.02. The standard InChI is InChI=1S/C15H26O/c1-10-5-6-12-13(2,3)9-14(4)8-7-11(10)15(12,14)16/h10-12,16H,5-9H2,1-4H3/t10-,11+,12+,14+,15-/m1/s1. The lowest BCUT2D eigenvalue weighted by molar-refractivity contribution is -0.138. The monoisotopic (exact) mass is 222 g/mol. The second-order valence-electron chi connectivity index (χ2n) is 7.80. The molecule has 16 heavy (non-hydrogen) atoms. The molecule has 0 amide bonds. The first-order valence-corrected chi connectivity index (χ1v) is 7.04. The van der Waals surface area contributed by atoms with Crippen molar-refractivity contribution in [1.29, 1.82) is 0 Å². The molecule has 92 valence electrons. The van der Waals surface area contributed by atoms with Crippen molar-refractivity contribution in [3.05, 3.63) is 0 Å². The highest BCUT2D eigenvalue weighted by atomic mass is 16.3. The number of aliphatic hydroxyl groups is 1. The summed E-state index contributed by atoms with van der Waals surface area (Å²) in [5.41, 5.74) is 0.219. The summed E-state index contributed by atoms with van der Waals surface area (Å²) in [6, 6.07) is 0. The third-order valence-electron chi connectivity index (χ3n) is 6.46. The van der Waals surface area contributed by atoms with E-state index in [4.69, 9.17) is 0 Å². The summed E-state index contributed by atoms with van der Waals surface area (Å²) in [5, 5.41) is 11.4. The van der Waals surface area contributed by atoms with Gasteiger partial charge in [-0.3, -0.25) is 0 Å². The van der Waals surface area contributed by atoms with Crippen LogP contribution in [0.1, 0.15) is 59.8 Å². The maximum atomic E-state index is 11.4. The molecule has 3 aliphatic rings. The molecule has 0 heterocycles. The van der Waals surface area contributed by atoms with Crippen LogP contribution < -0.4 is 0 Å². The number of hydrogen-bond donors (Lipinski definition) is 1. The number of hydrogen-bond acceptors (Lipinski definition) is 1. The lowest BCUT2D eigenvalue weighted by Gasteiger charge is -2.49.